The minimum Gasteiger partial charge on any atom is -0.444 e. The molecule has 0 aliphatic carbocycles. The Morgan fingerprint density at radius 1 is 0.844 bits per heavy atom. The zero-order chi connectivity index (χ0) is 23.7. The van der Waals surface area contributed by atoms with E-state index in [9.17, 15) is 9.36 Å². The number of amides is 1. The molecular formula is C24H34NO6P. The first-order valence-corrected chi connectivity index (χ1v) is 12.1. The first kappa shape index (κ1) is 26.1. The van der Waals surface area contributed by atoms with E-state index in [1.54, 1.807) is 34.6 Å². The van der Waals surface area contributed by atoms with Crippen LogP contribution in [-0.2, 0) is 36.1 Å². The quantitative estimate of drug-likeness (QED) is 0.397. The maximum absolute atomic E-state index is 13.5. The molecule has 0 unspecified atom stereocenters. The number of carbonyl (C=O) groups is 1. The summed E-state index contributed by atoms with van der Waals surface area (Å²) in [6.45, 7) is 9.37. The molecule has 32 heavy (non-hydrogen) atoms. The summed E-state index contributed by atoms with van der Waals surface area (Å²) in [4.78, 5) is 11.9. The van der Waals surface area contributed by atoms with E-state index in [0.29, 0.717) is 6.42 Å². The summed E-state index contributed by atoms with van der Waals surface area (Å²) in [6, 6.07) is 18.8. The van der Waals surface area contributed by atoms with Gasteiger partial charge in [0.1, 0.15) is 5.60 Å². The maximum Gasteiger partial charge on any atom is 0.475 e. The van der Waals surface area contributed by atoms with Gasteiger partial charge in [-0.05, 0) is 52.2 Å². The molecule has 0 bridgehead atoms. The average Bonchev–Trinajstić information content (AvgIpc) is 2.71. The molecule has 176 valence electrons. The highest BCUT2D eigenvalue weighted by atomic mass is 31.2. The highest BCUT2D eigenvalue weighted by Crippen LogP contribution is 2.54. The predicted molar refractivity (Wildman–Crippen MR) is 124 cm³/mol. The highest BCUT2D eigenvalue weighted by Gasteiger charge is 2.35. The van der Waals surface area contributed by atoms with E-state index >= 15 is 0 Å². The third-order valence-corrected chi connectivity index (χ3v) is 5.83. The number of hydrogen-bond donors (Lipinski definition) is 1. The van der Waals surface area contributed by atoms with Crippen LogP contribution in [0.4, 0.5) is 4.79 Å². The molecule has 0 spiro atoms. The summed E-state index contributed by atoms with van der Waals surface area (Å²) in [5, 5.41) is 2.68. The Labute approximate surface area is 191 Å². The lowest BCUT2D eigenvalue weighted by atomic mass is 10.1. The summed E-state index contributed by atoms with van der Waals surface area (Å²) < 4.78 is 35.9. The van der Waals surface area contributed by atoms with Crippen molar-refractivity contribution in [3.63, 3.8) is 0 Å². The van der Waals surface area contributed by atoms with Crippen LogP contribution in [0, 0.1) is 0 Å². The lowest BCUT2D eigenvalue weighted by Gasteiger charge is -2.30. The predicted octanol–water partition coefficient (Wildman–Crippen LogP) is 6.24. The van der Waals surface area contributed by atoms with Crippen molar-refractivity contribution in [1.82, 2.24) is 5.32 Å². The fourth-order valence-electron chi connectivity index (χ4n) is 2.67. The van der Waals surface area contributed by atoms with E-state index in [2.05, 4.69) is 5.32 Å². The van der Waals surface area contributed by atoms with Crippen molar-refractivity contribution in [1.29, 1.82) is 0 Å². The normalized spacial score (nSPS) is 12.4. The molecule has 0 aromatic heterocycles. The largest absolute Gasteiger partial charge is 0.475 e. The van der Waals surface area contributed by atoms with E-state index in [4.69, 9.17) is 18.3 Å². The molecule has 0 heterocycles. The van der Waals surface area contributed by atoms with Crippen molar-refractivity contribution in [2.45, 2.75) is 65.5 Å². The monoisotopic (exact) mass is 463 g/mol. The number of nitrogens with one attached hydrogen (secondary N) is 1. The van der Waals surface area contributed by atoms with Crippen molar-refractivity contribution in [3.8, 4) is 0 Å². The Balaban J connectivity index is 1.99. The van der Waals surface area contributed by atoms with Crippen molar-refractivity contribution in [2.24, 2.45) is 0 Å². The topological polar surface area (TPSA) is 83.1 Å². The average molecular weight is 464 g/mol. The van der Waals surface area contributed by atoms with Gasteiger partial charge in [0.05, 0.1) is 18.8 Å². The number of rotatable bonds is 11. The third kappa shape index (κ3) is 10.4. The standard InChI is InChI=1S/C24H34NO6P/c1-23(2,3)30-22(26)25-17-16-24(4,5)31-32(27,28-18-20-12-8-6-9-13-20)29-19-21-14-10-7-11-15-21/h6-15H,16-19H2,1-5H3,(H,25,26). The first-order chi connectivity index (χ1) is 15.0. The molecule has 1 N–H and O–H groups in total. The minimum absolute atomic E-state index is 0.0825. The summed E-state index contributed by atoms with van der Waals surface area (Å²) in [5.74, 6) is 0. The van der Waals surface area contributed by atoms with Crippen molar-refractivity contribution in [2.75, 3.05) is 6.54 Å². The van der Waals surface area contributed by atoms with E-state index in [0.717, 1.165) is 11.1 Å². The smallest absolute Gasteiger partial charge is 0.444 e. The number of benzene rings is 2. The van der Waals surface area contributed by atoms with Gasteiger partial charge in [0, 0.05) is 6.54 Å². The van der Waals surface area contributed by atoms with Gasteiger partial charge >= 0.3 is 13.9 Å². The Bertz CT molecular complexity index is 833. The summed E-state index contributed by atoms with van der Waals surface area (Å²) in [7, 11) is -3.91. The summed E-state index contributed by atoms with van der Waals surface area (Å²) in [5.41, 5.74) is 0.230. The Hall–Kier alpha value is -2.18. The number of hydrogen-bond acceptors (Lipinski definition) is 6. The zero-order valence-electron chi connectivity index (χ0n) is 19.5. The van der Waals surface area contributed by atoms with Crippen LogP contribution in [0.1, 0.15) is 52.2 Å². The van der Waals surface area contributed by atoms with E-state index in [-0.39, 0.29) is 19.8 Å². The minimum atomic E-state index is -3.91. The summed E-state index contributed by atoms with van der Waals surface area (Å²) >= 11 is 0. The molecule has 0 fully saturated rings. The van der Waals surface area contributed by atoms with Gasteiger partial charge in [-0.3, -0.25) is 13.6 Å². The van der Waals surface area contributed by atoms with Crippen molar-refractivity contribution < 1.29 is 27.7 Å². The van der Waals surface area contributed by atoms with Gasteiger partial charge in [0.2, 0.25) is 0 Å². The van der Waals surface area contributed by atoms with E-state index < -0.39 is 25.1 Å². The lowest BCUT2D eigenvalue weighted by Crippen LogP contribution is -2.36. The fourth-order valence-corrected chi connectivity index (χ4v) is 4.16. The van der Waals surface area contributed by atoms with Gasteiger partial charge in [-0.15, -0.1) is 0 Å². The lowest BCUT2D eigenvalue weighted by molar-refractivity contribution is 0.0204. The van der Waals surface area contributed by atoms with Crippen LogP contribution in [-0.4, -0.2) is 23.8 Å². The number of phosphoric ester groups is 1. The van der Waals surface area contributed by atoms with Crippen LogP contribution >= 0.6 is 7.82 Å². The molecule has 8 heteroatoms. The number of alkyl carbamates (subject to hydrolysis) is 1. The van der Waals surface area contributed by atoms with E-state index in [1.807, 2.05) is 60.7 Å². The molecule has 0 saturated carbocycles. The van der Waals surface area contributed by atoms with Crippen LogP contribution in [0.2, 0.25) is 0 Å². The second-order valence-electron chi connectivity index (χ2n) is 8.99. The molecule has 2 rings (SSSR count). The van der Waals surface area contributed by atoms with Crippen LogP contribution in [0.25, 0.3) is 0 Å². The van der Waals surface area contributed by atoms with Crippen LogP contribution < -0.4 is 5.32 Å². The Morgan fingerprint density at radius 2 is 1.31 bits per heavy atom. The SMILES string of the molecule is CC(C)(C)OC(=O)NCCC(C)(C)OP(=O)(OCc1ccccc1)OCc1ccccc1. The summed E-state index contributed by atoms with van der Waals surface area (Å²) in [6.07, 6.45) is -0.142. The molecule has 7 nitrogen and oxygen atoms in total. The van der Waals surface area contributed by atoms with Gasteiger partial charge in [-0.1, -0.05) is 60.7 Å². The van der Waals surface area contributed by atoms with Crippen molar-refractivity contribution in [3.05, 3.63) is 71.8 Å². The molecule has 1 amide bonds. The number of phosphoric acid groups is 1. The number of ether oxygens (including phenoxy) is 1. The molecule has 2 aromatic rings. The van der Waals surface area contributed by atoms with Gasteiger partial charge in [-0.2, -0.15) is 0 Å². The molecule has 0 saturated heterocycles. The first-order valence-electron chi connectivity index (χ1n) is 10.6. The molecule has 0 aliphatic rings. The molecule has 0 radical (unpaired) electrons. The maximum atomic E-state index is 13.5. The van der Waals surface area contributed by atoms with Crippen molar-refractivity contribution >= 4 is 13.9 Å². The van der Waals surface area contributed by atoms with Crippen LogP contribution in [0.15, 0.2) is 60.7 Å². The highest BCUT2D eigenvalue weighted by molar-refractivity contribution is 7.48. The third-order valence-electron chi connectivity index (χ3n) is 4.22. The second-order valence-corrected chi connectivity index (χ2v) is 10.6. The van der Waals surface area contributed by atoms with Crippen LogP contribution in [0.3, 0.4) is 0 Å². The Kier molecular flexibility index (Phi) is 9.47. The van der Waals surface area contributed by atoms with E-state index in [1.165, 1.54) is 0 Å². The molecular weight excluding hydrogens is 429 g/mol. The van der Waals surface area contributed by atoms with Gasteiger partial charge in [0.25, 0.3) is 0 Å². The fraction of sp³-hybridized carbons (Fsp3) is 0.458. The molecule has 0 atom stereocenters. The molecule has 2 aromatic carbocycles. The zero-order valence-corrected chi connectivity index (χ0v) is 20.4. The Morgan fingerprint density at radius 3 is 1.75 bits per heavy atom. The number of carbonyl (C=O) groups excluding carboxylic acids is 1. The van der Waals surface area contributed by atoms with Crippen LogP contribution in [0.5, 0.6) is 0 Å². The molecule has 0 aliphatic heterocycles. The second kappa shape index (κ2) is 11.6. The van der Waals surface area contributed by atoms with Gasteiger partial charge < -0.3 is 10.1 Å². The van der Waals surface area contributed by atoms with Gasteiger partial charge in [-0.25, -0.2) is 9.36 Å². The van der Waals surface area contributed by atoms with Gasteiger partial charge in [0.15, 0.2) is 0 Å².